The fraction of sp³-hybridized carbons (Fsp3) is 0.455. The first-order chi connectivity index (χ1) is 6.04. The molecular weight excluding hydrogens is 244 g/mol. The third-order valence-corrected chi connectivity index (χ3v) is 5.68. The van der Waals surface area contributed by atoms with E-state index in [0.717, 1.165) is 0 Å². The predicted octanol–water partition coefficient (Wildman–Crippen LogP) is 4.39. The molecule has 1 aliphatic carbocycles. The molecule has 0 saturated carbocycles. The van der Waals surface area contributed by atoms with Crippen LogP contribution in [0.15, 0.2) is 31.7 Å². The molecule has 1 aliphatic heterocycles. The maximum absolute atomic E-state index is 3.70. The lowest BCUT2D eigenvalue weighted by Gasteiger charge is -2.03. The van der Waals surface area contributed by atoms with Crippen LogP contribution in [-0.2, 0) is 0 Å². The standard InChI is InChI=1S/C11H13BrS/c1-5-6(2)9-10(12)8(4)13-11(9)7(5)3/h8H,1-4H3. The van der Waals surface area contributed by atoms with Crippen LogP contribution in [-0.4, -0.2) is 5.25 Å². The molecule has 0 saturated heterocycles. The van der Waals surface area contributed by atoms with Gasteiger partial charge in [0.2, 0.25) is 0 Å². The van der Waals surface area contributed by atoms with Crippen molar-refractivity contribution in [3.05, 3.63) is 31.7 Å². The van der Waals surface area contributed by atoms with Crippen molar-refractivity contribution in [2.24, 2.45) is 0 Å². The molecule has 0 N–H and O–H groups in total. The van der Waals surface area contributed by atoms with Crippen molar-refractivity contribution in [2.75, 3.05) is 0 Å². The number of hydrogen-bond acceptors (Lipinski definition) is 1. The highest BCUT2D eigenvalue weighted by Gasteiger charge is 2.32. The van der Waals surface area contributed by atoms with Crippen molar-refractivity contribution in [2.45, 2.75) is 32.9 Å². The number of hydrogen-bond donors (Lipinski definition) is 0. The monoisotopic (exact) mass is 256 g/mol. The third kappa shape index (κ3) is 1.18. The molecule has 0 aromatic carbocycles. The molecule has 0 aromatic heterocycles. The minimum Gasteiger partial charge on any atom is -0.117 e. The van der Waals surface area contributed by atoms with Gasteiger partial charge in [0.1, 0.15) is 0 Å². The summed E-state index contributed by atoms with van der Waals surface area (Å²) in [5, 5.41) is 0.600. The lowest BCUT2D eigenvalue weighted by molar-refractivity contribution is 1.22. The molecule has 2 heteroatoms. The van der Waals surface area contributed by atoms with Crippen LogP contribution in [0.4, 0.5) is 0 Å². The minimum absolute atomic E-state index is 0.600. The second kappa shape index (κ2) is 3.03. The summed E-state index contributed by atoms with van der Waals surface area (Å²) in [5.74, 6) is 0. The lowest BCUT2D eigenvalue weighted by Crippen LogP contribution is -1.90. The summed E-state index contributed by atoms with van der Waals surface area (Å²) >= 11 is 5.67. The van der Waals surface area contributed by atoms with E-state index in [9.17, 15) is 0 Å². The fourth-order valence-corrected chi connectivity index (χ4v) is 4.06. The molecule has 70 valence electrons. The summed E-state index contributed by atoms with van der Waals surface area (Å²) in [6.07, 6.45) is 0. The smallest absolute Gasteiger partial charge is 0.0389 e. The van der Waals surface area contributed by atoms with Gasteiger partial charge in [0.25, 0.3) is 0 Å². The highest BCUT2D eigenvalue weighted by Crippen LogP contribution is 2.53. The molecule has 13 heavy (non-hydrogen) atoms. The van der Waals surface area contributed by atoms with Gasteiger partial charge in [-0.2, -0.15) is 0 Å². The van der Waals surface area contributed by atoms with E-state index in [-0.39, 0.29) is 0 Å². The van der Waals surface area contributed by atoms with Crippen molar-refractivity contribution in [1.82, 2.24) is 0 Å². The number of rotatable bonds is 0. The Balaban J connectivity index is 2.64. The van der Waals surface area contributed by atoms with Gasteiger partial charge >= 0.3 is 0 Å². The van der Waals surface area contributed by atoms with Gasteiger partial charge in [0, 0.05) is 20.2 Å². The van der Waals surface area contributed by atoms with Crippen LogP contribution in [0.25, 0.3) is 0 Å². The molecule has 0 bridgehead atoms. The Morgan fingerprint density at radius 2 is 1.69 bits per heavy atom. The van der Waals surface area contributed by atoms with Crippen molar-refractivity contribution in [3.63, 3.8) is 0 Å². The van der Waals surface area contributed by atoms with E-state index >= 15 is 0 Å². The largest absolute Gasteiger partial charge is 0.117 e. The van der Waals surface area contributed by atoms with Crippen LogP contribution in [0, 0.1) is 0 Å². The maximum Gasteiger partial charge on any atom is 0.0389 e. The van der Waals surface area contributed by atoms with Crippen LogP contribution in [0.3, 0.4) is 0 Å². The molecule has 1 unspecified atom stereocenters. The van der Waals surface area contributed by atoms with Crippen molar-refractivity contribution in [3.8, 4) is 0 Å². The van der Waals surface area contributed by atoms with Crippen LogP contribution in [0.2, 0.25) is 0 Å². The zero-order valence-corrected chi connectivity index (χ0v) is 10.8. The van der Waals surface area contributed by atoms with Gasteiger partial charge in [0.05, 0.1) is 0 Å². The van der Waals surface area contributed by atoms with Crippen LogP contribution in [0.5, 0.6) is 0 Å². The lowest BCUT2D eigenvalue weighted by atomic mass is 10.1. The Labute approximate surface area is 92.3 Å². The molecule has 2 rings (SSSR count). The summed E-state index contributed by atoms with van der Waals surface area (Å²) in [7, 11) is 0. The first-order valence-electron chi connectivity index (χ1n) is 4.49. The third-order valence-electron chi connectivity index (χ3n) is 2.96. The van der Waals surface area contributed by atoms with E-state index < -0.39 is 0 Å². The molecule has 0 radical (unpaired) electrons. The minimum atomic E-state index is 0.600. The average molecular weight is 257 g/mol. The molecule has 0 spiro atoms. The molecule has 1 atom stereocenters. The highest BCUT2D eigenvalue weighted by molar-refractivity contribution is 9.12. The number of halogens is 1. The Hall–Kier alpha value is 0.0500. The van der Waals surface area contributed by atoms with Gasteiger partial charge in [-0.15, -0.1) is 11.8 Å². The average Bonchev–Trinajstić information content (AvgIpc) is 2.48. The first-order valence-corrected chi connectivity index (χ1v) is 6.17. The molecule has 2 aliphatic rings. The summed E-state index contributed by atoms with van der Waals surface area (Å²) < 4.78 is 1.38. The number of allylic oxidation sites excluding steroid dienone is 4. The van der Waals surface area contributed by atoms with Gasteiger partial charge in [-0.05, 0) is 44.4 Å². The van der Waals surface area contributed by atoms with Gasteiger partial charge in [-0.1, -0.05) is 15.9 Å². The Morgan fingerprint density at radius 3 is 2.23 bits per heavy atom. The van der Waals surface area contributed by atoms with Gasteiger partial charge in [-0.3, -0.25) is 0 Å². The fourth-order valence-electron chi connectivity index (χ4n) is 1.86. The van der Waals surface area contributed by atoms with Gasteiger partial charge < -0.3 is 0 Å². The molecular formula is C11H13BrS. The first kappa shape index (κ1) is 9.60. The number of thioether (sulfide) groups is 1. The Kier molecular flexibility index (Phi) is 2.23. The normalized spacial score (nSPS) is 27.9. The van der Waals surface area contributed by atoms with Gasteiger partial charge in [-0.25, -0.2) is 0 Å². The molecule has 0 nitrogen and oxygen atoms in total. The summed E-state index contributed by atoms with van der Waals surface area (Å²) in [6, 6.07) is 0. The van der Waals surface area contributed by atoms with E-state index in [0.29, 0.717) is 5.25 Å². The van der Waals surface area contributed by atoms with E-state index in [1.165, 1.54) is 31.7 Å². The van der Waals surface area contributed by atoms with Crippen molar-refractivity contribution in [1.29, 1.82) is 0 Å². The van der Waals surface area contributed by atoms with E-state index in [1.807, 2.05) is 11.8 Å². The zero-order valence-electron chi connectivity index (χ0n) is 8.36. The van der Waals surface area contributed by atoms with E-state index in [4.69, 9.17) is 0 Å². The second-order valence-corrected chi connectivity index (χ2v) is 5.89. The zero-order chi connectivity index (χ0) is 9.75. The van der Waals surface area contributed by atoms with Crippen molar-refractivity contribution < 1.29 is 0 Å². The SMILES string of the molecule is CC1=C(C)C2=C(Br)C(C)SC2=C1C. The van der Waals surface area contributed by atoms with Crippen LogP contribution in [0.1, 0.15) is 27.7 Å². The Bertz CT molecular complexity index is 372. The van der Waals surface area contributed by atoms with E-state index in [1.54, 1.807) is 0 Å². The molecule has 0 fully saturated rings. The summed E-state index contributed by atoms with van der Waals surface area (Å²) in [6.45, 7) is 8.92. The number of fused-ring (bicyclic) bond motifs is 1. The van der Waals surface area contributed by atoms with Crippen LogP contribution < -0.4 is 0 Å². The predicted molar refractivity (Wildman–Crippen MR) is 64.1 cm³/mol. The second-order valence-electron chi connectivity index (χ2n) is 3.69. The van der Waals surface area contributed by atoms with Crippen LogP contribution >= 0.6 is 27.7 Å². The topological polar surface area (TPSA) is 0 Å². The summed E-state index contributed by atoms with van der Waals surface area (Å²) in [5.41, 5.74) is 5.85. The molecule has 0 amide bonds. The quantitative estimate of drug-likeness (QED) is 0.620. The molecule has 0 aromatic rings. The molecule has 1 heterocycles. The van der Waals surface area contributed by atoms with Gasteiger partial charge in [0.15, 0.2) is 0 Å². The maximum atomic E-state index is 3.70. The highest BCUT2D eigenvalue weighted by atomic mass is 79.9. The Morgan fingerprint density at radius 1 is 1.08 bits per heavy atom. The summed E-state index contributed by atoms with van der Waals surface area (Å²) in [4.78, 5) is 1.49. The van der Waals surface area contributed by atoms with E-state index in [2.05, 4.69) is 43.6 Å². The van der Waals surface area contributed by atoms with Crippen molar-refractivity contribution >= 4 is 27.7 Å².